The quantitative estimate of drug-likeness (QED) is 0.592. The zero-order valence-corrected chi connectivity index (χ0v) is 20.4. The largest absolute Gasteiger partial charge is 0.452 e. The Morgan fingerprint density at radius 1 is 1.12 bits per heavy atom. The molecule has 8 nitrogen and oxygen atoms in total. The molecule has 0 bridgehead atoms. The lowest BCUT2D eigenvalue weighted by Crippen LogP contribution is -2.26. The Morgan fingerprint density at radius 2 is 1.82 bits per heavy atom. The Kier molecular flexibility index (Phi) is 7.76. The summed E-state index contributed by atoms with van der Waals surface area (Å²) >= 11 is 0. The molecule has 1 aliphatic heterocycles. The number of carbonyl (C=O) groups excluding carboxylic acids is 2. The Labute approximate surface area is 195 Å². The second-order valence-corrected chi connectivity index (χ2v) is 10.4. The SMILES string of the molecule is CCc1cccc(C)c1NC(=O)COC(=O)c1cc(S(=O)(=O)N(C)C)ccc1N1CCCC1. The lowest BCUT2D eigenvalue weighted by Gasteiger charge is -2.22. The molecule has 0 unspecified atom stereocenters. The van der Waals surface area contributed by atoms with Gasteiger partial charge in [-0.1, -0.05) is 25.1 Å². The van der Waals surface area contributed by atoms with E-state index in [0.717, 1.165) is 53.5 Å². The van der Waals surface area contributed by atoms with Crippen LogP contribution in [0.2, 0.25) is 0 Å². The molecule has 0 spiro atoms. The fourth-order valence-electron chi connectivity index (χ4n) is 3.87. The number of hydrogen-bond donors (Lipinski definition) is 1. The van der Waals surface area contributed by atoms with Crippen molar-refractivity contribution in [3.8, 4) is 0 Å². The van der Waals surface area contributed by atoms with Gasteiger partial charge in [-0.25, -0.2) is 17.5 Å². The second kappa shape index (κ2) is 10.4. The number of nitrogens with zero attached hydrogens (tertiary/aromatic N) is 2. The molecule has 2 aromatic carbocycles. The van der Waals surface area contributed by atoms with Crippen molar-refractivity contribution < 1.29 is 22.7 Å². The number of carbonyl (C=O) groups is 2. The summed E-state index contributed by atoms with van der Waals surface area (Å²) in [5, 5.41) is 2.83. The summed E-state index contributed by atoms with van der Waals surface area (Å²) in [6.45, 7) is 4.97. The minimum atomic E-state index is -3.73. The second-order valence-electron chi connectivity index (χ2n) is 8.25. The van der Waals surface area contributed by atoms with Crippen molar-refractivity contribution >= 4 is 33.3 Å². The van der Waals surface area contributed by atoms with Gasteiger partial charge in [-0.05, 0) is 55.5 Å². The third kappa shape index (κ3) is 5.54. The number of amides is 1. The number of rotatable bonds is 8. The average Bonchev–Trinajstić information content (AvgIpc) is 3.33. The molecule has 3 rings (SSSR count). The van der Waals surface area contributed by atoms with Gasteiger partial charge in [-0.2, -0.15) is 0 Å². The third-order valence-corrected chi connectivity index (χ3v) is 7.56. The molecule has 0 aromatic heterocycles. The number of hydrogen-bond acceptors (Lipinski definition) is 6. The van der Waals surface area contributed by atoms with Crippen molar-refractivity contribution in [1.29, 1.82) is 0 Å². The first-order valence-electron chi connectivity index (χ1n) is 11.0. The van der Waals surface area contributed by atoms with E-state index in [1.165, 1.54) is 26.2 Å². The lowest BCUT2D eigenvalue weighted by molar-refractivity contribution is -0.119. The summed E-state index contributed by atoms with van der Waals surface area (Å²) in [5.41, 5.74) is 3.39. The van der Waals surface area contributed by atoms with Crippen LogP contribution in [0.25, 0.3) is 0 Å². The van der Waals surface area contributed by atoms with E-state index in [0.29, 0.717) is 5.69 Å². The maximum atomic E-state index is 13.0. The van der Waals surface area contributed by atoms with Crippen LogP contribution in [-0.2, 0) is 26.0 Å². The van der Waals surface area contributed by atoms with Crippen molar-refractivity contribution in [2.45, 2.75) is 38.0 Å². The highest BCUT2D eigenvalue weighted by Gasteiger charge is 2.25. The molecule has 1 aliphatic rings. The summed E-state index contributed by atoms with van der Waals surface area (Å²) < 4.78 is 31.6. The molecule has 0 saturated carbocycles. The maximum absolute atomic E-state index is 13.0. The summed E-state index contributed by atoms with van der Waals surface area (Å²) in [7, 11) is -0.864. The van der Waals surface area contributed by atoms with Crippen LogP contribution in [0.5, 0.6) is 0 Å². The normalized spacial score (nSPS) is 13.9. The summed E-state index contributed by atoms with van der Waals surface area (Å²) in [5.74, 6) is -1.18. The highest BCUT2D eigenvalue weighted by Crippen LogP contribution is 2.29. The minimum Gasteiger partial charge on any atom is -0.452 e. The van der Waals surface area contributed by atoms with Crippen LogP contribution in [0.1, 0.15) is 41.3 Å². The molecular weight excluding hydrogens is 442 g/mol. The van der Waals surface area contributed by atoms with Gasteiger partial charge in [0.05, 0.1) is 16.1 Å². The molecule has 178 valence electrons. The van der Waals surface area contributed by atoms with E-state index in [1.807, 2.05) is 36.9 Å². The summed E-state index contributed by atoms with van der Waals surface area (Å²) in [6.07, 6.45) is 2.74. The smallest absolute Gasteiger partial charge is 0.340 e. The molecule has 1 amide bonds. The van der Waals surface area contributed by atoms with E-state index in [4.69, 9.17) is 4.74 Å². The van der Waals surface area contributed by atoms with Gasteiger partial charge in [0, 0.05) is 32.9 Å². The first kappa shape index (κ1) is 24.7. The van der Waals surface area contributed by atoms with E-state index in [2.05, 4.69) is 5.32 Å². The predicted molar refractivity (Wildman–Crippen MR) is 128 cm³/mol. The van der Waals surface area contributed by atoms with Gasteiger partial charge in [-0.15, -0.1) is 0 Å². The van der Waals surface area contributed by atoms with Crippen molar-refractivity contribution in [2.24, 2.45) is 0 Å². The molecule has 2 aromatic rings. The standard InChI is InChI=1S/C24H31N3O5S/c1-5-18-10-8-9-17(2)23(18)25-22(28)16-32-24(29)20-15-19(33(30,31)26(3)4)11-12-21(20)27-13-6-7-14-27/h8-12,15H,5-7,13-14,16H2,1-4H3,(H,25,28). The minimum absolute atomic E-state index is 0.000605. The predicted octanol–water partition coefficient (Wildman–Crippen LogP) is 3.20. The van der Waals surface area contributed by atoms with Crippen molar-refractivity contribution in [1.82, 2.24) is 4.31 Å². The van der Waals surface area contributed by atoms with E-state index in [1.54, 1.807) is 6.07 Å². The molecule has 9 heteroatoms. The maximum Gasteiger partial charge on any atom is 0.340 e. The van der Waals surface area contributed by atoms with Crippen molar-refractivity contribution in [2.75, 3.05) is 44.0 Å². The molecular formula is C24H31N3O5S. The number of anilines is 2. The number of esters is 1. The topological polar surface area (TPSA) is 96.0 Å². The Hall–Kier alpha value is -2.91. The molecule has 0 aliphatic carbocycles. The van der Waals surface area contributed by atoms with Gasteiger partial charge in [0.1, 0.15) is 0 Å². The Morgan fingerprint density at radius 3 is 2.45 bits per heavy atom. The van der Waals surface area contributed by atoms with E-state index < -0.39 is 28.5 Å². The Bertz CT molecular complexity index is 1140. The first-order valence-corrected chi connectivity index (χ1v) is 12.5. The summed E-state index contributed by atoms with van der Waals surface area (Å²) in [6, 6.07) is 10.2. The van der Waals surface area contributed by atoms with Crippen molar-refractivity contribution in [3.05, 3.63) is 53.1 Å². The monoisotopic (exact) mass is 473 g/mol. The fraction of sp³-hybridized carbons (Fsp3) is 0.417. The van der Waals surface area contributed by atoms with Crippen LogP contribution in [0.15, 0.2) is 41.3 Å². The number of benzene rings is 2. The van der Waals surface area contributed by atoms with Gasteiger partial charge in [0.2, 0.25) is 10.0 Å². The van der Waals surface area contributed by atoms with Crippen LogP contribution in [0.4, 0.5) is 11.4 Å². The van der Waals surface area contributed by atoms with Crippen LogP contribution in [-0.4, -0.2) is 58.4 Å². The van der Waals surface area contributed by atoms with Gasteiger partial charge in [-0.3, -0.25) is 4.79 Å². The highest BCUT2D eigenvalue weighted by atomic mass is 32.2. The molecule has 1 heterocycles. The zero-order chi connectivity index (χ0) is 24.2. The van der Waals surface area contributed by atoms with Gasteiger partial charge < -0.3 is 15.0 Å². The molecule has 0 atom stereocenters. The van der Waals surface area contributed by atoms with Crippen LogP contribution in [0.3, 0.4) is 0 Å². The molecule has 1 fully saturated rings. The van der Waals surface area contributed by atoms with Gasteiger partial charge >= 0.3 is 5.97 Å². The molecule has 1 saturated heterocycles. The van der Waals surface area contributed by atoms with E-state index >= 15 is 0 Å². The van der Waals surface area contributed by atoms with Crippen LogP contribution < -0.4 is 10.2 Å². The summed E-state index contributed by atoms with van der Waals surface area (Å²) in [4.78, 5) is 27.5. The number of para-hydroxylation sites is 1. The molecule has 33 heavy (non-hydrogen) atoms. The molecule has 1 N–H and O–H groups in total. The average molecular weight is 474 g/mol. The van der Waals surface area contributed by atoms with Crippen LogP contribution in [0, 0.1) is 6.92 Å². The highest BCUT2D eigenvalue weighted by molar-refractivity contribution is 7.89. The first-order chi connectivity index (χ1) is 15.6. The lowest BCUT2D eigenvalue weighted by atomic mass is 10.1. The fourth-order valence-corrected chi connectivity index (χ4v) is 4.80. The van der Waals surface area contributed by atoms with Gasteiger partial charge in [0.25, 0.3) is 5.91 Å². The van der Waals surface area contributed by atoms with E-state index in [9.17, 15) is 18.0 Å². The molecule has 0 radical (unpaired) electrons. The zero-order valence-electron chi connectivity index (χ0n) is 19.6. The number of aryl methyl sites for hydroxylation is 2. The number of nitrogens with one attached hydrogen (secondary N) is 1. The number of sulfonamides is 1. The van der Waals surface area contributed by atoms with Crippen molar-refractivity contribution in [3.63, 3.8) is 0 Å². The van der Waals surface area contributed by atoms with Gasteiger partial charge in [0.15, 0.2) is 6.61 Å². The third-order valence-electron chi connectivity index (χ3n) is 5.75. The van der Waals surface area contributed by atoms with Crippen LogP contribution >= 0.6 is 0 Å². The Balaban J connectivity index is 1.81. The number of ether oxygens (including phenoxy) is 1. The van der Waals surface area contributed by atoms with E-state index in [-0.39, 0.29) is 10.5 Å².